The monoisotopic (exact) mass is 470 g/mol. The molecule has 10 heteroatoms. The average Bonchev–Trinajstić information content (AvgIpc) is 3.38. The second-order valence-corrected chi connectivity index (χ2v) is 9.73. The van der Waals surface area contributed by atoms with Crippen molar-refractivity contribution in [2.24, 2.45) is 0 Å². The van der Waals surface area contributed by atoms with E-state index < -0.39 is 0 Å². The summed E-state index contributed by atoms with van der Waals surface area (Å²) in [6.45, 7) is 6.00. The Kier molecular flexibility index (Phi) is 6.03. The van der Waals surface area contributed by atoms with Crippen LogP contribution in [0, 0.1) is 0 Å². The second-order valence-electron chi connectivity index (χ2n) is 8.21. The zero-order valence-corrected chi connectivity index (χ0v) is 19.7. The van der Waals surface area contributed by atoms with Gasteiger partial charge in [-0.2, -0.15) is 5.10 Å². The second kappa shape index (κ2) is 8.76. The van der Waals surface area contributed by atoms with Crippen molar-refractivity contribution in [3.63, 3.8) is 0 Å². The highest BCUT2D eigenvalue weighted by Gasteiger charge is 2.23. The number of nitrogens with zero attached hydrogens (tertiary/aromatic N) is 4. The number of hydrogen-bond donors (Lipinski definition) is 2. The van der Waals surface area contributed by atoms with E-state index in [2.05, 4.69) is 25.5 Å². The van der Waals surface area contributed by atoms with Crippen LogP contribution < -0.4 is 5.32 Å². The van der Waals surface area contributed by atoms with Crippen molar-refractivity contribution in [3.8, 4) is 11.3 Å². The predicted molar refractivity (Wildman–Crippen MR) is 127 cm³/mol. The van der Waals surface area contributed by atoms with Gasteiger partial charge in [0.2, 0.25) is 0 Å². The van der Waals surface area contributed by atoms with Crippen molar-refractivity contribution >= 4 is 50.9 Å². The Bertz CT molecular complexity index is 1260. The molecular weight excluding hydrogens is 448 g/mol. The van der Waals surface area contributed by atoms with Crippen LogP contribution in [0.4, 0.5) is 15.7 Å². The average molecular weight is 471 g/mol. The van der Waals surface area contributed by atoms with Crippen molar-refractivity contribution in [2.75, 3.05) is 12.4 Å². The van der Waals surface area contributed by atoms with Crippen molar-refractivity contribution < 1.29 is 9.53 Å². The molecule has 0 saturated heterocycles. The van der Waals surface area contributed by atoms with E-state index in [4.69, 9.17) is 16.3 Å². The first kappa shape index (κ1) is 22.0. The zero-order valence-electron chi connectivity index (χ0n) is 18.1. The number of benzene rings is 1. The summed E-state index contributed by atoms with van der Waals surface area (Å²) in [5.41, 5.74) is 2.17. The maximum Gasteiger partial charge on any atom is 0.410 e. The molecule has 1 amide bonds. The molecule has 0 aliphatic rings. The van der Waals surface area contributed by atoms with Gasteiger partial charge in [-0.1, -0.05) is 29.0 Å². The van der Waals surface area contributed by atoms with Gasteiger partial charge < -0.3 is 15.0 Å². The Morgan fingerprint density at radius 1 is 1.28 bits per heavy atom. The largest absolute Gasteiger partial charge is 0.444 e. The van der Waals surface area contributed by atoms with E-state index in [0.29, 0.717) is 21.7 Å². The minimum Gasteiger partial charge on any atom is -0.444 e. The molecule has 0 atom stereocenters. The molecule has 0 bridgehead atoms. The van der Waals surface area contributed by atoms with Gasteiger partial charge in [0.05, 0.1) is 21.1 Å². The number of aromatic amines is 1. The number of anilines is 2. The van der Waals surface area contributed by atoms with Crippen LogP contribution in [0.1, 0.15) is 25.6 Å². The molecule has 0 radical (unpaired) electrons. The third-order valence-corrected chi connectivity index (χ3v) is 6.18. The van der Waals surface area contributed by atoms with E-state index in [1.54, 1.807) is 30.4 Å². The Hall–Kier alpha value is -3.17. The van der Waals surface area contributed by atoms with E-state index in [-0.39, 0.29) is 18.2 Å². The summed E-state index contributed by atoms with van der Waals surface area (Å²) in [6, 6.07) is 9.47. The molecule has 32 heavy (non-hydrogen) atoms. The quantitative estimate of drug-likeness (QED) is 0.380. The summed E-state index contributed by atoms with van der Waals surface area (Å²) in [7, 11) is 1.72. The molecule has 0 spiro atoms. The lowest BCUT2D eigenvalue weighted by Gasteiger charge is -2.30. The molecule has 8 nitrogen and oxygen atoms in total. The lowest BCUT2D eigenvalue weighted by atomic mass is 10.1. The van der Waals surface area contributed by atoms with Gasteiger partial charge in [-0.25, -0.2) is 9.78 Å². The van der Waals surface area contributed by atoms with Crippen LogP contribution in [0.25, 0.3) is 22.2 Å². The van der Waals surface area contributed by atoms with Crippen molar-refractivity contribution in [3.05, 3.63) is 52.6 Å². The third kappa shape index (κ3) is 4.68. The standard InChI is InChI=1S/C22H23ClN6O2S/c1-22(2,3)29(4)21(30)31-12-14-11-25-20(32-14)26-19-15-10-13(7-8-17(15)27-28-19)18-16(23)6-5-9-24-18/h5-11H,12H2,1-4H3,(H2,25,26,27,28). The maximum atomic E-state index is 12.2. The van der Waals surface area contributed by atoms with Gasteiger partial charge in [-0.05, 0) is 45.0 Å². The number of aromatic nitrogens is 4. The number of ether oxygens (including phenoxy) is 1. The summed E-state index contributed by atoms with van der Waals surface area (Å²) in [5.74, 6) is 0.638. The van der Waals surface area contributed by atoms with Crippen LogP contribution in [-0.2, 0) is 11.3 Å². The molecule has 0 aliphatic carbocycles. The van der Waals surface area contributed by atoms with Crippen LogP contribution >= 0.6 is 22.9 Å². The smallest absolute Gasteiger partial charge is 0.410 e. The number of nitrogens with one attached hydrogen (secondary N) is 2. The normalized spacial score (nSPS) is 11.5. The molecule has 0 fully saturated rings. The van der Waals surface area contributed by atoms with E-state index in [1.807, 2.05) is 45.0 Å². The fraction of sp³-hybridized carbons (Fsp3) is 0.273. The SMILES string of the molecule is CN(C(=O)OCc1cnc(Nc2n[nH]c3ccc(-c4ncccc4Cl)cc23)s1)C(C)(C)C. The molecule has 1 aromatic carbocycles. The molecule has 0 aliphatic heterocycles. The van der Waals surface area contributed by atoms with Crippen LogP contribution in [0.3, 0.4) is 0 Å². The van der Waals surface area contributed by atoms with Crippen LogP contribution in [0.15, 0.2) is 42.7 Å². The van der Waals surface area contributed by atoms with Gasteiger partial charge in [0.25, 0.3) is 0 Å². The number of carbonyl (C=O) groups excluding carboxylic acids is 1. The van der Waals surface area contributed by atoms with Gasteiger partial charge in [0.15, 0.2) is 10.9 Å². The highest BCUT2D eigenvalue weighted by atomic mass is 35.5. The van der Waals surface area contributed by atoms with E-state index in [0.717, 1.165) is 21.3 Å². The molecule has 0 saturated carbocycles. The first-order valence-electron chi connectivity index (χ1n) is 9.94. The Morgan fingerprint density at radius 2 is 2.09 bits per heavy atom. The van der Waals surface area contributed by atoms with E-state index >= 15 is 0 Å². The minimum atomic E-state index is -0.376. The zero-order chi connectivity index (χ0) is 22.9. The molecule has 4 rings (SSSR count). The summed E-state index contributed by atoms with van der Waals surface area (Å²) in [4.78, 5) is 23.3. The Morgan fingerprint density at radius 3 is 2.84 bits per heavy atom. The van der Waals surface area contributed by atoms with Crippen LogP contribution in [-0.4, -0.2) is 43.7 Å². The summed E-state index contributed by atoms with van der Waals surface area (Å²) in [6.07, 6.45) is 3.02. The summed E-state index contributed by atoms with van der Waals surface area (Å²) >= 11 is 7.70. The Labute approximate surface area is 194 Å². The van der Waals surface area contributed by atoms with E-state index in [9.17, 15) is 4.79 Å². The van der Waals surface area contributed by atoms with Gasteiger partial charge >= 0.3 is 6.09 Å². The maximum absolute atomic E-state index is 12.2. The van der Waals surface area contributed by atoms with Crippen molar-refractivity contribution in [2.45, 2.75) is 32.9 Å². The molecule has 4 aromatic rings. The highest BCUT2D eigenvalue weighted by molar-refractivity contribution is 7.15. The summed E-state index contributed by atoms with van der Waals surface area (Å²) in [5, 5.41) is 12.7. The fourth-order valence-electron chi connectivity index (χ4n) is 2.89. The van der Waals surface area contributed by atoms with E-state index in [1.165, 1.54) is 11.3 Å². The number of halogens is 1. The number of carbonyl (C=O) groups is 1. The number of H-pyrrole nitrogens is 1. The van der Waals surface area contributed by atoms with Crippen molar-refractivity contribution in [1.82, 2.24) is 25.1 Å². The van der Waals surface area contributed by atoms with Crippen molar-refractivity contribution in [1.29, 1.82) is 0 Å². The molecule has 166 valence electrons. The number of pyridine rings is 1. The number of fused-ring (bicyclic) bond motifs is 1. The number of rotatable bonds is 5. The molecule has 3 heterocycles. The Balaban J connectivity index is 1.49. The molecule has 0 unspecified atom stereocenters. The molecule has 3 aromatic heterocycles. The van der Waals surface area contributed by atoms with Gasteiger partial charge in [0, 0.05) is 35.9 Å². The number of thiazole rings is 1. The first-order chi connectivity index (χ1) is 15.2. The van der Waals surface area contributed by atoms with Crippen LogP contribution in [0.5, 0.6) is 0 Å². The predicted octanol–water partition coefficient (Wildman–Crippen LogP) is 5.85. The fourth-order valence-corrected chi connectivity index (χ4v) is 3.85. The number of amides is 1. The highest BCUT2D eigenvalue weighted by Crippen LogP contribution is 2.32. The topological polar surface area (TPSA) is 96.0 Å². The lowest BCUT2D eigenvalue weighted by molar-refractivity contribution is 0.0766. The van der Waals surface area contributed by atoms with Gasteiger partial charge in [-0.15, -0.1) is 0 Å². The molecule has 2 N–H and O–H groups in total. The van der Waals surface area contributed by atoms with Gasteiger partial charge in [-0.3, -0.25) is 10.1 Å². The minimum absolute atomic E-state index is 0.155. The third-order valence-electron chi connectivity index (χ3n) is 4.99. The lowest BCUT2D eigenvalue weighted by Crippen LogP contribution is -2.42. The number of hydrogen-bond acceptors (Lipinski definition) is 7. The summed E-state index contributed by atoms with van der Waals surface area (Å²) < 4.78 is 5.40. The first-order valence-corrected chi connectivity index (χ1v) is 11.1. The van der Waals surface area contributed by atoms with Gasteiger partial charge in [0.1, 0.15) is 6.61 Å². The molecular formula is C22H23ClN6O2S. The van der Waals surface area contributed by atoms with Crippen LogP contribution in [0.2, 0.25) is 5.02 Å².